The van der Waals surface area contributed by atoms with Gasteiger partial charge in [0.1, 0.15) is 11.5 Å². The van der Waals surface area contributed by atoms with Crippen molar-refractivity contribution in [2.24, 2.45) is 0 Å². The van der Waals surface area contributed by atoms with Gasteiger partial charge < -0.3 is 9.84 Å². The summed E-state index contributed by atoms with van der Waals surface area (Å²) in [4.78, 5) is 0. The van der Waals surface area contributed by atoms with Crippen LogP contribution in [0.15, 0.2) is 18.2 Å². The monoisotopic (exact) mass is 348 g/mol. The smallest absolute Gasteiger partial charge is 0.123 e. The lowest BCUT2D eigenvalue weighted by atomic mass is 10.1. The third kappa shape index (κ3) is 11.9. The van der Waals surface area contributed by atoms with Crippen molar-refractivity contribution in [1.29, 1.82) is 0 Å². The fourth-order valence-corrected chi connectivity index (χ4v) is 3.23. The normalized spacial score (nSPS) is 11.0. The minimum Gasteiger partial charge on any atom is -0.508 e. The van der Waals surface area contributed by atoms with Crippen molar-refractivity contribution in [3.05, 3.63) is 23.8 Å². The van der Waals surface area contributed by atoms with Crippen molar-refractivity contribution in [2.45, 2.75) is 104 Å². The Bertz CT molecular complexity index is 428. The zero-order valence-electron chi connectivity index (χ0n) is 16.7. The van der Waals surface area contributed by atoms with E-state index >= 15 is 0 Å². The lowest BCUT2D eigenvalue weighted by Gasteiger charge is -2.09. The van der Waals surface area contributed by atoms with E-state index in [-0.39, 0.29) is 0 Å². The van der Waals surface area contributed by atoms with Crippen molar-refractivity contribution < 1.29 is 9.84 Å². The van der Waals surface area contributed by atoms with E-state index < -0.39 is 0 Å². The molecule has 0 fully saturated rings. The van der Waals surface area contributed by atoms with Crippen LogP contribution < -0.4 is 4.74 Å². The lowest BCUT2D eigenvalue weighted by Crippen LogP contribution is -1.98. The zero-order chi connectivity index (χ0) is 18.2. The van der Waals surface area contributed by atoms with Gasteiger partial charge in [0.15, 0.2) is 0 Å². The highest BCUT2D eigenvalue weighted by Crippen LogP contribution is 2.23. The first-order chi connectivity index (χ1) is 12.3. The van der Waals surface area contributed by atoms with Gasteiger partial charge in [-0.3, -0.25) is 0 Å². The number of aromatic hydroxyl groups is 1. The summed E-state index contributed by atoms with van der Waals surface area (Å²) in [6.07, 6.45) is 18.0. The van der Waals surface area contributed by atoms with Gasteiger partial charge in [-0.2, -0.15) is 0 Å². The van der Waals surface area contributed by atoms with Crippen LogP contribution in [0.3, 0.4) is 0 Å². The summed E-state index contributed by atoms with van der Waals surface area (Å²) < 4.78 is 5.85. The number of benzene rings is 1. The quantitative estimate of drug-likeness (QED) is 0.315. The molecular formula is C23H40O2. The van der Waals surface area contributed by atoms with Crippen LogP contribution in [0, 0.1) is 0 Å². The van der Waals surface area contributed by atoms with Gasteiger partial charge in [-0.25, -0.2) is 0 Å². The fraction of sp³-hybridized carbons (Fsp3) is 0.739. The number of ether oxygens (including phenoxy) is 1. The molecule has 2 nitrogen and oxygen atoms in total. The largest absolute Gasteiger partial charge is 0.508 e. The molecular weight excluding hydrogens is 308 g/mol. The number of hydrogen-bond acceptors (Lipinski definition) is 2. The minimum absolute atomic E-state index is 0.326. The zero-order valence-corrected chi connectivity index (χ0v) is 16.7. The Balaban J connectivity index is 2.07. The number of rotatable bonds is 16. The molecule has 0 spiro atoms. The van der Waals surface area contributed by atoms with E-state index in [0.29, 0.717) is 5.75 Å². The molecule has 0 heterocycles. The summed E-state index contributed by atoms with van der Waals surface area (Å²) >= 11 is 0. The van der Waals surface area contributed by atoms with Gasteiger partial charge in [0, 0.05) is 6.07 Å². The van der Waals surface area contributed by atoms with Gasteiger partial charge in [0.05, 0.1) is 6.61 Å². The third-order valence-corrected chi connectivity index (χ3v) is 4.79. The van der Waals surface area contributed by atoms with Gasteiger partial charge in [0.2, 0.25) is 0 Å². The van der Waals surface area contributed by atoms with Crippen molar-refractivity contribution in [3.8, 4) is 11.5 Å². The average molecular weight is 349 g/mol. The van der Waals surface area contributed by atoms with Gasteiger partial charge in [-0.1, -0.05) is 84.5 Å². The number of hydrogen-bond donors (Lipinski definition) is 1. The summed E-state index contributed by atoms with van der Waals surface area (Å²) in [5.41, 5.74) is 1.19. The molecule has 0 radical (unpaired) electrons. The Morgan fingerprint density at radius 2 is 1.24 bits per heavy atom. The van der Waals surface area contributed by atoms with Gasteiger partial charge in [-0.15, -0.1) is 0 Å². The summed E-state index contributed by atoms with van der Waals surface area (Å²) in [5, 5.41) is 9.85. The molecule has 0 unspecified atom stereocenters. The molecule has 0 saturated carbocycles. The molecule has 1 rings (SSSR count). The van der Waals surface area contributed by atoms with E-state index in [1.807, 2.05) is 6.07 Å². The number of phenols is 1. The first kappa shape index (κ1) is 21.9. The maximum absolute atomic E-state index is 9.85. The van der Waals surface area contributed by atoms with Crippen molar-refractivity contribution in [1.82, 2.24) is 0 Å². The molecule has 0 amide bonds. The van der Waals surface area contributed by atoms with Crippen molar-refractivity contribution in [2.75, 3.05) is 6.61 Å². The second-order valence-corrected chi connectivity index (χ2v) is 7.32. The molecule has 25 heavy (non-hydrogen) atoms. The highest BCUT2D eigenvalue weighted by atomic mass is 16.5. The van der Waals surface area contributed by atoms with Crippen molar-refractivity contribution >= 4 is 0 Å². The summed E-state index contributed by atoms with van der Waals surface area (Å²) in [6, 6.07) is 5.69. The Hall–Kier alpha value is -1.18. The molecule has 0 aromatic heterocycles. The molecule has 0 saturated heterocycles. The van der Waals surface area contributed by atoms with E-state index in [1.54, 1.807) is 6.07 Å². The van der Waals surface area contributed by atoms with Crippen LogP contribution in [0.25, 0.3) is 0 Å². The topological polar surface area (TPSA) is 29.5 Å². The molecule has 0 aliphatic rings. The first-order valence-corrected chi connectivity index (χ1v) is 10.7. The van der Waals surface area contributed by atoms with Crippen LogP contribution >= 0.6 is 0 Å². The molecule has 1 N–H and O–H groups in total. The van der Waals surface area contributed by atoms with Crippen LogP contribution in [0.2, 0.25) is 0 Å². The minimum atomic E-state index is 0.326. The van der Waals surface area contributed by atoms with Crippen LogP contribution in [0.5, 0.6) is 11.5 Å². The summed E-state index contributed by atoms with van der Waals surface area (Å²) in [5.74, 6) is 1.15. The van der Waals surface area contributed by atoms with Gasteiger partial charge in [0.25, 0.3) is 0 Å². The Kier molecular flexibility index (Phi) is 13.2. The molecule has 1 aromatic rings. The number of unbranched alkanes of at least 4 members (excludes halogenated alkanes) is 11. The summed E-state index contributed by atoms with van der Waals surface area (Å²) in [7, 11) is 0. The maximum atomic E-state index is 9.85. The highest BCUT2D eigenvalue weighted by Gasteiger charge is 2.02. The molecule has 0 atom stereocenters. The SMILES string of the molecule is CCCCCCCCCCCCOc1cc(O)cc(CCCCC)c1. The highest BCUT2D eigenvalue weighted by molar-refractivity contribution is 5.37. The maximum Gasteiger partial charge on any atom is 0.123 e. The second kappa shape index (κ2) is 15.1. The number of aryl methyl sites for hydroxylation is 1. The van der Waals surface area contributed by atoms with Crippen LogP contribution in [0.4, 0.5) is 0 Å². The van der Waals surface area contributed by atoms with Gasteiger partial charge >= 0.3 is 0 Å². The Morgan fingerprint density at radius 3 is 1.88 bits per heavy atom. The predicted octanol–water partition coefficient (Wildman–Crippen LogP) is 7.42. The first-order valence-electron chi connectivity index (χ1n) is 10.7. The standard InChI is InChI=1S/C23H40O2/c1-3-5-7-8-9-10-11-12-13-15-17-25-23-19-21(16-14-6-4-2)18-22(24)20-23/h18-20,24H,3-17H2,1-2H3. The fourth-order valence-electron chi connectivity index (χ4n) is 3.23. The average Bonchev–Trinajstić information content (AvgIpc) is 2.59. The van der Waals surface area contributed by atoms with Crippen molar-refractivity contribution in [3.63, 3.8) is 0 Å². The molecule has 0 bridgehead atoms. The second-order valence-electron chi connectivity index (χ2n) is 7.32. The van der Waals surface area contributed by atoms with Gasteiger partial charge in [-0.05, 0) is 37.0 Å². The third-order valence-electron chi connectivity index (χ3n) is 4.79. The van der Waals surface area contributed by atoms with Crippen LogP contribution in [-0.4, -0.2) is 11.7 Å². The summed E-state index contributed by atoms with van der Waals surface area (Å²) in [6.45, 7) is 5.24. The van der Waals surface area contributed by atoms with E-state index in [0.717, 1.165) is 25.2 Å². The Morgan fingerprint density at radius 1 is 0.680 bits per heavy atom. The molecule has 1 aromatic carbocycles. The Labute approximate surface area is 156 Å². The van der Waals surface area contributed by atoms with Crippen LogP contribution in [0.1, 0.15) is 103 Å². The van der Waals surface area contributed by atoms with E-state index in [1.165, 1.54) is 82.6 Å². The molecule has 0 aliphatic carbocycles. The predicted molar refractivity (Wildman–Crippen MR) is 109 cm³/mol. The molecule has 2 heteroatoms. The number of phenolic OH excluding ortho intramolecular Hbond substituents is 1. The van der Waals surface area contributed by atoms with Crippen LogP contribution in [-0.2, 0) is 6.42 Å². The van der Waals surface area contributed by atoms with E-state index in [2.05, 4.69) is 19.9 Å². The molecule has 144 valence electrons. The van der Waals surface area contributed by atoms with E-state index in [9.17, 15) is 5.11 Å². The van der Waals surface area contributed by atoms with E-state index in [4.69, 9.17) is 4.74 Å². The molecule has 0 aliphatic heterocycles. The lowest BCUT2D eigenvalue weighted by molar-refractivity contribution is 0.302.